The number of hydrogen-bond donors (Lipinski definition) is 0. The van der Waals surface area contributed by atoms with E-state index in [1.54, 1.807) is 36.3 Å². The molecule has 1 heterocycles. The molecule has 1 saturated heterocycles. The van der Waals surface area contributed by atoms with E-state index in [2.05, 4.69) is 0 Å². The molecule has 5 nitrogen and oxygen atoms in total. The highest BCUT2D eigenvalue weighted by atomic mass is 32.2. The van der Waals surface area contributed by atoms with E-state index in [0.717, 1.165) is 0 Å². The van der Waals surface area contributed by atoms with Crippen LogP contribution in [0.15, 0.2) is 24.3 Å². The van der Waals surface area contributed by atoms with Gasteiger partial charge in [0.1, 0.15) is 5.75 Å². The molecule has 1 aliphatic heterocycles. The van der Waals surface area contributed by atoms with Gasteiger partial charge in [0.05, 0.1) is 18.1 Å². The first kappa shape index (κ1) is 15.8. The Kier molecular flexibility index (Phi) is 4.56. The number of rotatable bonds is 5. The number of methoxy groups -OCH3 is 1. The van der Waals surface area contributed by atoms with Crippen LogP contribution in [0.1, 0.15) is 24.2 Å². The molecule has 0 aliphatic carbocycles. The lowest BCUT2D eigenvalue weighted by molar-refractivity contribution is 0.0659. The fourth-order valence-corrected chi connectivity index (χ4v) is 4.36. The third-order valence-corrected chi connectivity index (χ3v) is 5.99. The van der Waals surface area contributed by atoms with Gasteiger partial charge in [-0.1, -0.05) is 13.8 Å². The summed E-state index contributed by atoms with van der Waals surface area (Å²) >= 11 is 0. The Morgan fingerprint density at radius 3 is 2.33 bits per heavy atom. The summed E-state index contributed by atoms with van der Waals surface area (Å²) in [4.78, 5) is 13.8. The zero-order valence-corrected chi connectivity index (χ0v) is 13.4. The summed E-state index contributed by atoms with van der Waals surface area (Å²) in [5, 5.41) is -0.415. The number of sulfone groups is 1. The molecule has 0 aromatic heterocycles. The minimum absolute atomic E-state index is 0.112. The number of ether oxygens (including phenoxy) is 1. The largest absolute Gasteiger partial charge is 0.497 e. The smallest absolute Gasteiger partial charge is 0.253 e. The van der Waals surface area contributed by atoms with Crippen molar-refractivity contribution in [2.24, 2.45) is 5.92 Å². The molecule has 0 bridgehead atoms. The zero-order valence-electron chi connectivity index (χ0n) is 12.6. The average molecular weight is 311 g/mol. The molecule has 116 valence electrons. The molecule has 2 rings (SSSR count). The maximum Gasteiger partial charge on any atom is 0.253 e. The van der Waals surface area contributed by atoms with Crippen LogP contribution in [0.25, 0.3) is 0 Å². The second-order valence-electron chi connectivity index (χ2n) is 5.78. The summed E-state index contributed by atoms with van der Waals surface area (Å²) < 4.78 is 29.2. The number of nitrogens with zero attached hydrogens (tertiary/aromatic N) is 1. The molecule has 0 saturated carbocycles. The summed E-state index contributed by atoms with van der Waals surface area (Å²) in [6, 6.07) is 6.83. The number of likely N-dealkylation sites (tertiary alicyclic amines) is 1. The van der Waals surface area contributed by atoms with E-state index in [0.29, 0.717) is 24.4 Å². The first-order chi connectivity index (χ1) is 9.83. The summed E-state index contributed by atoms with van der Waals surface area (Å²) in [5.74, 6) is 0.852. The van der Waals surface area contributed by atoms with Crippen molar-refractivity contribution in [3.63, 3.8) is 0 Å². The Bertz CT molecular complexity index is 601. The van der Waals surface area contributed by atoms with Gasteiger partial charge in [-0.2, -0.15) is 0 Å². The monoisotopic (exact) mass is 311 g/mol. The predicted molar refractivity (Wildman–Crippen MR) is 81.3 cm³/mol. The molecule has 1 amide bonds. The fourth-order valence-electron chi connectivity index (χ4n) is 2.35. The van der Waals surface area contributed by atoms with Crippen molar-refractivity contribution in [2.75, 3.05) is 26.0 Å². The van der Waals surface area contributed by atoms with Gasteiger partial charge in [0, 0.05) is 18.7 Å². The highest BCUT2D eigenvalue weighted by molar-refractivity contribution is 7.92. The van der Waals surface area contributed by atoms with Crippen LogP contribution in [0, 0.1) is 5.92 Å². The van der Waals surface area contributed by atoms with Crippen LogP contribution < -0.4 is 4.74 Å². The van der Waals surface area contributed by atoms with Gasteiger partial charge in [-0.25, -0.2) is 8.42 Å². The van der Waals surface area contributed by atoms with Gasteiger partial charge < -0.3 is 9.64 Å². The summed E-state index contributed by atoms with van der Waals surface area (Å²) in [5.41, 5.74) is 0.551. The third-order valence-electron chi connectivity index (χ3n) is 3.55. The van der Waals surface area contributed by atoms with Crippen LogP contribution in [0.5, 0.6) is 5.75 Å². The quantitative estimate of drug-likeness (QED) is 0.828. The van der Waals surface area contributed by atoms with Crippen molar-refractivity contribution in [1.29, 1.82) is 0 Å². The topological polar surface area (TPSA) is 63.7 Å². The van der Waals surface area contributed by atoms with Gasteiger partial charge in [-0.05, 0) is 30.2 Å². The lowest BCUT2D eigenvalue weighted by Gasteiger charge is -2.39. The Labute approximate surface area is 125 Å². The minimum Gasteiger partial charge on any atom is -0.497 e. The highest BCUT2D eigenvalue weighted by Crippen LogP contribution is 2.22. The van der Waals surface area contributed by atoms with Crippen LogP contribution in [0.4, 0.5) is 0 Å². The maximum absolute atomic E-state index is 12.2. The van der Waals surface area contributed by atoms with E-state index < -0.39 is 15.1 Å². The van der Waals surface area contributed by atoms with Crippen molar-refractivity contribution in [1.82, 2.24) is 4.90 Å². The molecule has 0 atom stereocenters. The number of amides is 1. The SMILES string of the molecule is COc1ccc(C(=O)N2CC(S(=O)(=O)CC(C)C)C2)cc1. The van der Waals surface area contributed by atoms with Crippen LogP contribution in [-0.2, 0) is 9.84 Å². The lowest BCUT2D eigenvalue weighted by atomic mass is 10.1. The average Bonchev–Trinajstić information content (AvgIpc) is 2.35. The van der Waals surface area contributed by atoms with Gasteiger partial charge in [0.15, 0.2) is 9.84 Å². The van der Waals surface area contributed by atoms with Crippen molar-refractivity contribution in [3.8, 4) is 5.75 Å². The van der Waals surface area contributed by atoms with E-state index in [1.807, 2.05) is 13.8 Å². The molecular formula is C15H21NO4S. The summed E-state index contributed by atoms with van der Waals surface area (Å²) in [7, 11) is -1.53. The predicted octanol–water partition coefficient (Wildman–Crippen LogP) is 1.59. The van der Waals surface area contributed by atoms with Crippen molar-refractivity contribution in [2.45, 2.75) is 19.1 Å². The molecule has 1 aliphatic rings. The first-order valence-corrected chi connectivity index (χ1v) is 8.70. The normalized spacial score (nSPS) is 15.9. The Balaban J connectivity index is 1.96. The fraction of sp³-hybridized carbons (Fsp3) is 0.533. The van der Waals surface area contributed by atoms with Gasteiger partial charge in [0.25, 0.3) is 5.91 Å². The maximum atomic E-state index is 12.2. The highest BCUT2D eigenvalue weighted by Gasteiger charge is 2.39. The number of carbonyl (C=O) groups is 1. The second kappa shape index (κ2) is 6.05. The number of carbonyl (C=O) groups excluding carboxylic acids is 1. The second-order valence-corrected chi connectivity index (χ2v) is 8.11. The van der Waals surface area contributed by atoms with Crippen LogP contribution in [-0.4, -0.2) is 50.4 Å². The molecule has 6 heteroatoms. The van der Waals surface area contributed by atoms with Crippen LogP contribution in [0.2, 0.25) is 0 Å². The third kappa shape index (κ3) is 3.56. The Hall–Kier alpha value is -1.56. The standard InChI is InChI=1S/C15H21NO4S/c1-11(2)10-21(18,19)14-8-16(9-14)15(17)12-4-6-13(20-3)7-5-12/h4-7,11,14H,8-10H2,1-3H3. The summed E-state index contributed by atoms with van der Waals surface area (Å²) in [6.45, 7) is 4.35. The molecule has 1 fully saturated rings. The molecule has 0 N–H and O–H groups in total. The van der Waals surface area contributed by atoms with E-state index in [4.69, 9.17) is 4.74 Å². The Morgan fingerprint density at radius 1 is 1.29 bits per heavy atom. The van der Waals surface area contributed by atoms with Crippen LogP contribution >= 0.6 is 0 Å². The zero-order chi connectivity index (χ0) is 15.6. The van der Waals surface area contributed by atoms with E-state index in [9.17, 15) is 13.2 Å². The van der Waals surface area contributed by atoms with Gasteiger partial charge in [-0.3, -0.25) is 4.79 Å². The molecule has 1 aromatic carbocycles. The van der Waals surface area contributed by atoms with E-state index in [1.165, 1.54) is 0 Å². The Morgan fingerprint density at radius 2 is 1.86 bits per heavy atom. The van der Waals surface area contributed by atoms with Gasteiger partial charge in [-0.15, -0.1) is 0 Å². The van der Waals surface area contributed by atoms with E-state index >= 15 is 0 Å². The van der Waals surface area contributed by atoms with Crippen molar-refractivity contribution < 1.29 is 17.9 Å². The van der Waals surface area contributed by atoms with Crippen molar-refractivity contribution in [3.05, 3.63) is 29.8 Å². The number of benzene rings is 1. The van der Waals surface area contributed by atoms with Gasteiger partial charge >= 0.3 is 0 Å². The lowest BCUT2D eigenvalue weighted by Crippen LogP contribution is -2.57. The number of hydrogen-bond acceptors (Lipinski definition) is 4. The first-order valence-electron chi connectivity index (χ1n) is 6.98. The summed E-state index contributed by atoms with van der Waals surface area (Å²) in [6.07, 6.45) is 0. The molecular weight excluding hydrogens is 290 g/mol. The van der Waals surface area contributed by atoms with Crippen LogP contribution in [0.3, 0.4) is 0 Å². The van der Waals surface area contributed by atoms with E-state index in [-0.39, 0.29) is 17.6 Å². The molecule has 0 unspecified atom stereocenters. The molecule has 0 spiro atoms. The minimum atomic E-state index is -3.10. The van der Waals surface area contributed by atoms with Crippen molar-refractivity contribution >= 4 is 15.7 Å². The van der Waals surface area contributed by atoms with Gasteiger partial charge in [0.2, 0.25) is 0 Å². The molecule has 0 radical (unpaired) electrons. The molecule has 1 aromatic rings. The molecule has 21 heavy (non-hydrogen) atoms.